The lowest BCUT2D eigenvalue weighted by molar-refractivity contribution is 0.0929. The second-order valence-electron chi connectivity index (χ2n) is 5.03. The molecule has 106 valence electrons. The molecule has 1 saturated carbocycles. The Morgan fingerprint density at radius 1 is 1.58 bits per heavy atom. The highest BCUT2D eigenvalue weighted by Crippen LogP contribution is 2.37. The minimum absolute atomic E-state index is 0.00583. The van der Waals surface area contributed by atoms with E-state index in [0.717, 1.165) is 19.3 Å². The molecule has 19 heavy (non-hydrogen) atoms. The second-order valence-corrected chi connectivity index (χ2v) is 6.59. The van der Waals surface area contributed by atoms with Gasteiger partial charge >= 0.3 is 0 Å². The van der Waals surface area contributed by atoms with E-state index >= 15 is 0 Å². The van der Waals surface area contributed by atoms with Gasteiger partial charge in [-0.05, 0) is 32.3 Å². The predicted molar refractivity (Wildman–Crippen MR) is 71.3 cm³/mol. The molecule has 3 N–H and O–H groups in total. The first kappa shape index (κ1) is 14.1. The summed E-state index contributed by atoms with van der Waals surface area (Å²) in [6.07, 6.45) is 4.20. The lowest BCUT2D eigenvalue weighted by Crippen LogP contribution is -2.33. The quantitative estimate of drug-likeness (QED) is 0.845. The molecule has 1 aliphatic carbocycles. The molecule has 0 radical (unpaired) electrons. The molecule has 1 aromatic heterocycles. The molecule has 0 spiro atoms. The number of rotatable bonds is 5. The van der Waals surface area contributed by atoms with Crippen LogP contribution in [0, 0.1) is 0 Å². The number of nitrogens with two attached hydrogens (primary N) is 1. The number of hydrogen-bond acceptors (Lipinski definition) is 3. The standard InChI is InChI=1S/C12H19N3O3S/c1-3-8(2)14-12(16)11-6-10(19(13,17)18)7-15(11)9-4-5-9/h6-9H,3-5H2,1-2H3,(H,14,16)(H2,13,17,18). The van der Waals surface area contributed by atoms with Crippen LogP contribution >= 0.6 is 0 Å². The zero-order valence-electron chi connectivity index (χ0n) is 11.1. The molecule has 1 aliphatic rings. The van der Waals surface area contributed by atoms with E-state index in [1.54, 1.807) is 4.57 Å². The van der Waals surface area contributed by atoms with Gasteiger partial charge in [-0.1, -0.05) is 6.92 Å². The summed E-state index contributed by atoms with van der Waals surface area (Å²) in [6.45, 7) is 3.88. The first-order valence-corrected chi connectivity index (χ1v) is 7.93. The number of hydrogen-bond donors (Lipinski definition) is 2. The van der Waals surface area contributed by atoms with Crippen molar-refractivity contribution >= 4 is 15.9 Å². The summed E-state index contributed by atoms with van der Waals surface area (Å²) in [5, 5.41) is 7.95. The average Bonchev–Trinajstić information content (AvgIpc) is 3.05. The normalized spacial score (nSPS) is 17.2. The van der Waals surface area contributed by atoms with Crippen LogP contribution in [0.5, 0.6) is 0 Å². The van der Waals surface area contributed by atoms with Crippen molar-refractivity contribution < 1.29 is 13.2 Å². The van der Waals surface area contributed by atoms with Crippen LogP contribution in [0.25, 0.3) is 0 Å². The highest BCUT2D eigenvalue weighted by molar-refractivity contribution is 7.89. The fraction of sp³-hybridized carbons (Fsp3) is 0.583. The highest BCUT2D eigenvalue weighted by Gasteiger charge is 2.29. The van der Waals surface area contributed by atoms with Crippen molar-refractivity contribution in [3.8, 4) is 0 Å². The number of sulfonamides is 1. The molecule has 1 unspecified atom stereocenters. The van der Waals surface area contributed by atoms with Crippen LogP contribution < -0.4 is 10.5 Å². The maximum absolute atomic E-state index is 12.1. The number of amides is 1. The maximum atomic E-state index is 12.1. The van der Waals surface area contributed by atoms with Gasteiger partial charge in [-0.2, -0.15) is 0 Å². The van der Waals surface area contributed by atoms with Crippen LogP contribution in [0.1, 0.15) is 49.6 Å². The fourth-order valence-electron chi connectivity index (χ4n) is 1.85. The Morgan fingerprint density at radius 2 is 2.21 bits per heavy atom. The summed E-state index contributed by atoms with van der Waals surface area (Å²) < 4.78 is 24.5. The Balaban J connectivity index is 2.33. The summed E-state index contributed by atoms with van der Waals surface area (Å²) in [6, 6.07) is 1.62. The Bertz CT molecular complexity index is 587. The van der Waals surface area contributed by atoms with E-state index in [2.05, 4.69) is 5.32 Å². The zero-order chi connectivity index (χ0) is 14.2. The largest absolute Gasteiger partial charge is 0.348 e. The van der Waals surface area contributed by atoms with Crippen molar-refractivity contribution in [3.63, 3.8) is 0 Å². The number of aromatic nitrogens is 1. The van der Waals surface area contributed by atoms with E-state index in [0.29, 0.717) is 5.69 Å². The highest BCUT2D eigenvalue weighted by atomic mass is 32.2. The van der Waals surface area contributed by atoms with E-state index in [4.69, 9.17) is 5.14 Å². The molecule has 0 saturated heterocycles. The SMILES string of the molecule is CCC(C)NC(=O)c1cc(S(N)(=O)=O)cn1C1CC1. The third kappa shape index (κ3) is 3.16. The van der Waals surface area contributed by atoms with E-state index in [1.807, 2.05) is 13.8 Å². The molecule has 1 heterocycles. The molecule has 0 bridgehead atoms. The van der Waals surface area contributed by atoms with Gasteiger partial charge in [0.05, 0.1) is 0 Å². The monoisotopic (exact) mass is 285 g/mol. The third-order valence-corrected chi connectivity index (χ3v) is 4.20. The van der Waals surface area contributed by atoms with Crippen molar-refractivity contribution in [1.29, 1.82) is 0 Å². The molecule has 1 aromatic rings. The summed E-state index contributed by atoms with van der Waals surface area (Å²) in [4.78, 5) is 12.1. The summed E-state index contributed by atoms with van der Waals surface area (Å²) in [5.74, 6) is -0.254. The summed E-state index contributed by atoms with van der Waals surface area (Å²) in [5.41, 5.74) is 0.367. The number of carbonyl (C=O) groups excluding carboxylic acids is 1. The topological polar surface area (TPSA) is 94.2 Å². The summed E-state index contributed by atoms with van der Waals surface area (Å²) in [7, 11) is -3.78. The van der Waals surface area contributed by atoms with E-state index in [1.165, 1.54) is 12.3 Å². The van der Waals surface area contributed by atoms with Gasteiger partial charge in [0, 0.05) is 18.3 Å². The van der Waals surface area contributed by atoms with Crippen molar-refractivity contribution in [2.45, 2.75) is 50.1 Å². The molecule has 2 rings (SSSR count). The zero-order valence-corrected chi connectivity index (χ0v) is 11.9. The molecule has 0 aliphatic heterocycles. The van der Waals surface area contributed by atoms with Crippen molar-refractivity contribution in [2.24, 2.45) is 5.14 Å². The third-order valence-electron chi connectivity index (χ3n) is 3.31. The van der Waals surface area contributed by atoms with Crippen LogP contribution in [-0.4, -0.2) is 24.9 Å². The molecule has 1 atom stereocenters. The molecular weight excluding hydrogens is 266 g/mol. The molecule has 6 nitrogen and oxygen atoms in total. The lowest BCUT2D eigenvalue weighted by atomic mass is 10.2. The first-order chi connectivity index (χ1) is 8.82. The van der Waals surface area contributed by atoms with E-state index in [-0.39, 0.29) is 22.9 Å². The molecular formula is C12H19N3O3S. The van der Waals surface area contributed by atoms with Crippen LogP contribution in [0.2, 0.25) is 0 Å². The lowest BCUT2D eigenvalue weighted by Gasteiger charge is -2.12. The van der Waals surface area contributed by atoms with Crippen LogP contribution in [0.3, 0.4) is 0 Å². The van der Waals surface area contributed by atoms with Gasteiger partial charge in [-0.15, -0.1) is 0 Å². The fourth-order valence-corrected chi connectivity index (χ4v) is 2.38. The number of primary sulfonamides is 1. The van der Waals surface area contributed by atoms with E-state index < -0.39 is 10.0 Å². The van der Waals surface area contributed by atoms with Crippen LogP contribution in [-0.2, 0) is 10.0 Å². The van der Waals surface area contributed by atoms with E-state index in [9.17, 15) is 13.2 Å². The van der Waals surface area contributed by atoms with Gasteiger partial charge in [0.2, 0.25) is 10.0 Å². The van der Waals surface area contributed by atoms with Crippen LogP contribution in [0.15, 0.2) is 17.2 Å². The molecule has 7 heteroatoms. The van der Waals surface area contributed by atoms with Gasteiger partial charge in [-0.3, -0.25) is 4.79 Å². The van der Waals surface area contributed by atoms with Crippen molar-refractivity contribution in [1.82, 2.24) is 9.88 Å². The minimum Gasteiger partial charge on any atom is -0.348 e. The number of nitrogens with zero attached hydrogens (tertiary/aromatic N) is 1. The Kier molecular flexibility index (Phi) is 3.69. The first-order valence-electron chi connectivity index (χ1n) is 6.38. The van der Waals surface area contributed by atoms with Gasteiger partial charge < -0.3 is 9.88 Å². The number of nitrogens with one attached hydrogen (secondary N) is 1. The predicted octanol–water partition coefficient (Wildman–Crippen LogP) is 0.999. The molecule has 1 fully saturated rings. The van der Waals surface area contributed by atoms with Gasteiger partial charge in [0.1, 0.15) is 10.6 Å². The van der Waals surface area contributed by atoms with Gasteiger partial charge in [0.25, 0.3) is 5.91 Å². The van der Waals surface area contributed by atoms with Crippen molar-refractivity contribution in [2.75, 3.05) is 0 Å². The minimum atomic E-state index is -3.78. The summed E-state index contributed by atoms with van der Waals surface area (Å²) >= 11 is 0. The van der Waals surface area contributed by atoms with Crippen LogP contribution in [0.4, 0.5) is 0 Å². The Morgan fingerprint density at radius 3 is 2.68 bits per heavy atom. The Hall–Kier alpha value is -1.34. The Labute approximate surface area is 113 Å². The molecule has 1 amide bonds. The van der Waals surface area contributed by atoms with Gasteiger partial charge in [0.15, 0.2) is 0 Å². The van der Waals surface area contributed by atoms with Gasteiger partial charge in [-0.25, -0.2) is 13.6 Å². The second kappa shape index (κ2) is 4.97. The van der Waals surface area contributed by atoms with Crippen molar-refractivity contribution in [3.05, 3.63) is 18.0 Å². The number of carbonyl (C=O) groups is 1. The maximum Gasteiger partial charge on any atom is 0.268 e. The molecule has 0 aromatic carbocycles. The smallest absolute Gasteiger partial charge is 0.268 e. The average molecular weight is 285 g/mol.